The van der Waals surface area contributed by atoms with Crippen LogP contribution in [0.25, 0.3) is 0 Å². The van der Waals surface area contributed by atoms with Crippen molar-refractivity contribution in [3.8, 4) is 0 Å². The molecule has 0 bridgehead atoms. The van der Waals surface area contributed by atoms with Crippen LogP contribution in [0, 0.1) is 0 Å². The maximum absolute atomic E-state index is 12.5. The summed E-state index contributed by atoms with van der Waals surface area (Å²) in [6.45, 7) is 1.95. The molecule has 1 aromatic carbocycles. The summed E-state index contributed by atoms with van der Waals surface area (Å²) >= 11 is 3.14. The van der Waals surface area contributed by atoms with Crippen LogP contribution in [0.5, 0.6) is 0 Å². The molecule has 0 spiro atoms. The number of hydrogen-bond acceptors (Lipinski definition) is 4. The van der Waals surface area contributed by atoms with E-state index in [9.17, 15) is 13.2 Å². The van der Waals surface area contributed by atoms with E-state index >= 15 is 0 Å². The van der Waals surface area contributed by atoms with Gasteiger partial charge in [-0.1, -0.05) is 0 Å². The van der Waals surface area contributed by atoms with Crippen molar-refractivity contribution in [2.75, 3.05) is 20.8 Å². The lowest BCUT2D eigenvalue weighted by molar-refractivity contribution is 0.0696. The average molecular weight is 366 g/mol. The third-order valence-corrected chi connectivity index (χ3v) is 5.83. The van der Waals surface area contributed by atoms with Crippen molar-refractivity contribution in [1.82, 2.24) is 4.31 Å². The Hall–Kier alpha value is -0.960. The SMILES string of the molecule is COCC(C)N(C)S(=O)(=O)c1cc(C(=O)O)ccc1Br. The van der Waals surface area contributed by atoms with Crippen LogP contribution in [0.4, 0.5) is 0 Å². The second kappa shape index (κ2) is 6.66. The van der Waals surface area contributed by atoms with Crippen LogP contribution in [-0.2, 0) is 14.8 Å². The van der Waals surface area contributed by atoms with E-state index in [1.807, 2.05) is 0 Å². The molecule has 0 fully saturated rings. The standard InChI is InChI=1S/C12H16BrNO5S/c1-8(7-19-3)14(2)20(17,18)11-6-9(12(15)16)4-5-10(11)13/h4-6,8H,7H2,1-3H3,(H,15,16). The number of methoxy groups -OCH3 is 1. The lowest BCUT2D eigenvalue weighted by Crippen LogP contribution is -2.38. The minimum Gasteiger partial charge on any atom is -0.478 e. The highest BCUT2D eigenvalue weighted by molar-refractivity contribution is 9.10. The van der Waals surface area contributed by atoms with Gasteiger partial charge in [-0.15, -0.1) is 0 Å². The molecule has 0 aliphatic carbocycles. The first-order valence-electron chi connectivity index (χ1n) is 5.71. The van der Waals surface area contributed by atoms with E-state index < -0.39 is 16.0 Å². The highest BCUT2D eigenvalue weighted by atomic mass is 79.9. The van der Waals surface area contributed by atoms with Crippen molar-refractivity contribution >= 4 is 31.9 Å². The van der Waals surface area contributed by atoms with Gasteiger partial charge >= 0.3 is 5.97 Å². The summed E-state index contributed by atoms with van der Waals surface area (Å²) < 4.78 is 31.4. The van der Waals surface area contributed by atoms with Gasteiger partial charge in [0, 0.05) is 24.7 Å². The molecule has 6 nitrogen and oxygen atoms in total. The molecule has 0 aromatic heterocycles. The lowest BCUT2D eigenvalue weighted by Gasteiger charge is -2.24. The Morgan fingerprint density at radius 1 is 1.50 bits per heavy atom. The van der Waals surface area contributed by atoms with Crippen LogP contribution in [0.2, 0.25) is 0 Å². The van der Waals surface area contributed by atoms with Gasteiger partial charge in [0.2, 0.25) is 10.0 Å². The summed E-state index contributed by atoms with van der Waals surface area (Å²) in [6.07, 6.45) is 0. The number of likely N-dealkylation sites (N-methyl/N-ethyl adjacent to an activating group) is 1. The van der Waals surface area contributed by atoms with Crippen molar-refractivity contribution in [2.45, 2.75) is 17.9 Å². The summed E-state index contributed by atoms with van der Waals surface area (Å²) in [5.41, 5.74) is -0.0837. The number of ether oxygens (including phenoxy) is 1. The predicted molar refractivity (Wildman–Crippen MR) is 77.4 cm³/mol. The molecule has 1 atom stereocenters. The fourth-order valence-electron chi connectivity index (χ4n) is 1.57. The molecule has 0 heterocycles. The average Bonchev–Trinajstić information content (AvgIpc) is 2.37. The number of carboxylic acid groups (broad SMARTS) is 1. The van der Waals surface area contributed by atoms with Gasteiger partial charge in [0.1, 0.15) is 0 Å². The van der Waals surface area contributed by atoms with Crippen molar-refractivity contribution in [3.05, 3.63) is 28.2 Å². The van der Waals surface area contributed by atoms with E-state index in [0.717, 1.165) is 10.4 Å². The van der Waals surface area contributed by atoms with Gasteiger partial charge < -0.3 is 9.84 Å². The molecule has 1 rings (SSSR count). The van der Waals surface area contributed by atoms with Gasteiger partial charge in [0.25, 0.3) is 0 Å². The normalized spacial score (nSPS) is 13.4. The fourth-order valence-corrected chi connectivity index (χ4v) is 3.87. The zero-order chi connectivity index (χ0) is 15.5. The Kier molecular flexibility index (Phi) is 5.69. The van der Waals surface area contributed by atoms with Crippen molar-refractivity contribution < 1.29 is 23.1 Å². The summed E-state index contributed by atoms with van der Waals surface area (Å²) in [5.74, 6) is -1.18. The highest BCUT2D eigenvalue weighted by Gasteiger charge is 2.28. The Labute approximate surface area is 126 Å². The number of carboxylic acids is 1. The number of rotatable bonds is 6. The van der Waals surface area contributed by atoms with Crippen LogP contribution in [0.1, 0.15) is 17.3 Å². The maximum atomic E-state index is 12.5. The number of aromatic carboxylic acids is 1. The Balaban J connectivity index is 3.27. The smallest absolute Gasteiger partial charge is 0.335 e. The van der Waals surface area contributed by atoms with Crippen molar-refractivity contribution in [3.63, 3.8) is 0 Å². The second-order valence-electron chi connectivity index (χ2n) is 4.28. The fraction of sp³-hybridized carbons (Fsp3) is 0.417. The molecule has 0 saturated heterocycles. The summed E-state index contributed by atoms with van der Waals surface area (Å²) in [4.78, 5) is 10.9. The summed E-state index contributed by atoms with van der Waals surface area (Å²) in [5, 5.41) is 8.95. The molecular formula is C12H16BrNO5S. The highest BCUT2D eigenvalue weighted by Crippen LogP contribution is 2.26. The second-order valence-corrected chi connectivity index (χ2v) is 7.10. The maximum Gasteiger partial charge on any atom is 0.335 e. The van der Waals surface area contributed by atoms with Crippen molar-refractivity contribution in [2.24, 2.45) is 0 Å². The zero-order valence-electron chi connectivity index (χ0n) is 11.3. The number of benzene rings is 1. The molecular weight excluding hydrogens is 350 g/mol. The first kappa shape index (κ1) is 17.1. The van der Waals surface area contributed by atoms with Crippen LogP contribution in [0.3, 0.4) is 0 Å². The van der Waals surface area contributed by atoms with Crippen LogP contribution >= 0.6 is 15.9 Å². The molecule has 0 aliphatic heterocycles. The van der Waals surface area contributed by atoms with Gasteiger partial charge in [-0.3, -0.25) is 0 Å². The Morgan fingerprint density at radius 2 is 2.10 bits per heavy atom. The first-order chi connectivity index (χ1) is 9.21. The summed E-state index contributed by atoms with van der Waals surface area (Å²) in [7, 11) is -0.890. The number of sulfonamides is 1. The number of carbonyl (C=O) groups is 1. The molecule has 1 unspecified atom stereocenters. The van der Waals surface area contributed by atoms with E-state index in [0.29, 0.717) is 4.47 Å². The quantitative estimate of drug-likeness (QED) is 0.830. The van der Waals surface area contributed by atoms with E-state index in [2.05, 4.69) is 15.9 Å². The molecule has 1 N–H and O–H groups in total. The van der Waals surface area contributed by atoms with E-state index in [1.54, 1.807) is 6.92 Å². The number of hydrogen-bond donors (Lipinski definition) is 1. The molecule has 20 heavy (non-hydrogen) atoms. The lowest BCUT2D eigenvalue weighted by atomic mass is 10.2. The summed E-state index contributed by atoms with van der Waals surface area (Å²) in [6, 6.07) is 3.51. The number of halogens is 1. The Bertz CT molecular complexity index is 602. The predicted octanol–water partition coefficient (Wildman–Crippen LogP) is 1.80. The Morgan fingerprint density at radius 3 is 2.60 bits per heavy atom. The molecule has 0 amide bonds. The minimum atomic E-state index is -3.80. The van der Waals surface area contributed by atoms with Crippen LogP contribution in [0.15, 0.2) is 27.6 Å². The molecule has 0 aliphatic rings. The number of nitrogens with zero attached hydrogens (tertiary/aromatic N) is 1. The van der Waals surface area contributed by atoms with Gasteiger partial charge in [0.15, 0.2) is 0 Å². The topological polar surface area (TPSA) is 83.9 Å². The van der Waals surface area contributed by atoms with Gasteiger partial charge in [-0.2, -0.15) is 4.31 Å². The molecule has 0 radical (unpaired) electrons. The zero-order valence-corrected chi connectivity index (χ0v) is 13.7. The monoisotopic (exact) mass is 365 g/mol. The largest absolute Gasteiger partial charge is 0.478 e. The first-order valence-corrected chi connectivity index (χ1v) is 7.95. The van der Waals surface area contributed by atoms with Crippen molar-refractivity contribution in [1.29, 1.82) is 0 Å². The molecule has 1 aromatic rings. The third-order valence-electron chi connectivity index (χ3n) is 2.86. The van der Waals surface area contributed by atoms with Gasteiger partial charge in [-0.05, 0) is 41.1 Å². The molecule has 8 heteroatoms. The van der Waals surface area contributed by atoms with Gasteiger partial charge in [0.05, 0.1) is 17.1 Å². The molecule has 0 saturated carbocycles. The minimum absolute atomic E-state index is 0.0807. The molecule has 112 valence electrons. The third kappa shape index (κ3) is 3.57. The van der Waals surface area contributed by atoms with E-state index in [1.165, 1.54) is 26.3 Å². The van der Waals surface area contributed by atoms with E-state index in [4.69, 9.17) is 9.84 Å². The van der Waals surface area contributed by atoms with Crippen LogP contribution in [-0.4, -0.2) is 50.6 Å². The van der Waals surface area contributed by atoms with E-state index in [-0.39, 0.29) is 23.1 Å². The van der Waals surface area contributed by atoms with Gasteiger partial charge in [-0.25, -0.2) is 13.2 Å². The van der Waals surface area contributed by atoms with Crippen LogP contribution < -0.4 is 0 Å².